The van der Waals surface area contributed by atoms with E-state index in [-0.39, 0.29) is 11.5 Å². The van der Waals surface area contributed by atoms with Gasteiger partial charge in [-0.05, 0) is 27.2 Å². The van der Waals surface area contributed by atoms with Gasteiger partial charge < -0.3 is 15.8 Å². The van der Waals surface area contributed by atoms with Crippen molar-refractivity contribution >= 4 is 5.91 Å². The van der Waals surface area contributed by atoms with E-state index in [1.165, 1.54) is 0 Å². The highest BCUT2D eigenvalue weighted by molar-refractivity contribution is 5.81. The summed E-state index contributed by atoms with van der Waals surface area (Å²) in [6.45, 7) is 8.83. The van der Waals surface area contributed by atoms with Crippen molar-refractivity contribution in [1.82, 2.24) is 5.32 Å². The Morgan fingerprint density at radius 1 is 1.50 bits per heavy atom. The smallest absolute Gasteiger partial charge is 0.237 e. The number of ether oxygens (including phenoxy) is 1. The van der Waals surface area contributed by atoms with Gasteiger partial charge in [0.25, 0.3) is 0 Å². The Balaban J connectivity index is 3.87. The first-order valence-corrected chi connectivity index (χ1v) is 5.10. The third-order valence-electron chi connectivity index (χ3n) is 2.00. The summed E-state index contributed by atoms with van der Waals surface area (Å²) in [5.74, 6) is -0.111. The SMILES string of the molecule is CCOC(C)(C)CNC(=O)[C@H](N)CC. The van der Waals surface area contributed by atoms with E-state index in [0.29, 0.717) is 19.6 Å². The lowest BCUT2D eigenvalue weighted by Gasteiger charge is -2.25. The summed E-state index contributed by atoms with van der Waals surface area (Å²) in [7, 11) is 0. The summed E-state index contributed by atoms with van der Waals surface area (Å²) in [4.78, 5) is 11.3. The van der Waals surface area contributed by atoms with E-state index in [1.54, 1.807) is 0 Å². The number of nitrogens with one attached hydrogen (secondary N) is 1. The molecule has 0 unspecified atom stereocenters. The zero-order valence-electron chi connectivity index (χ0n) is 9.59. The summed E-state index contributed by atoms with van der Waals surface area (Å²) >= 11 is 0. The third-order valence-corrected chi connectivity index (χ3v) is 2.00. The molecule has 1 amide bonds. The molecule has 0 aromatic carbocycles. The molecule has 0 aromatic heterocycles. The maximum absolute atomic E-state index is 11.3. The maximum Gasteiger partial charge on any atom is 0.237 e. The quantitative estimate of drug-likeness (QED) is 0.665. The maximum atomic E-state index is 11.3. The van der Waals surface area contributed by atoms with Crippen LogP contribution in [0, 0.1) is 0 Å². The predicted molar refractivity (Wildman–Crippen MR) is 57.0 cm³/mol. The minimum Gasteiger partial charge on any atom is -0.374 e. The highest BCUT2D eigenvalue weighted by Crippen LogP contribution is 2.06. The van der Waals surface area contributed by atoms with E-state index in [0.717, 1.165) is 0 Å². The highest BCUT2D eigenvalue weighted by Gasteiger charge is 2.20. The van der Waals surface area contributed by atoms with Crippen molar-refractivity contribution < 1.29 is 9.53 Å². The fourth-order valence-corrected chi connectivity index (χ4v) is 1.06. The standard InChI is InChI=1S/C10H22N2O2/c1-5-8(11)9(13)12-7-10(3,4)14-6-2/h8H,5-7,11H2,1-4H3,(H,12,13)/t8-/m1/s1. The number of nitrogens with two attached hydrogens (primary N) is 1. The Kier molecular flexibility index (Phi) is 5.72. The third kappa shape index (κ3) is 5.19. The molecule has 0 rings (SSSR count). The molecular weight excluding hydrogens is 180 g/mol. The van der Waals surface area contributed by atoms with Gasteiger partial charge in [0, 0.05) is 13.2 Å². The van der Waals surface area contributed by atoms with Crippen LogP contribution in [0.3, 0.4) is 0 Å². The van der Waals surface area contributed by atoms with E-state index in [2.05, 4.69) is 5.32 Å². The average molecular weight is 202 g/mol. The molecule has 0 bridgehead atoms. The molecule has 0 aromatic rings. The Bertz CT molecular complexity index is 181. The van der Waals surface area contributed by atoms with Gasteiger partial charge in [-0.1, -0.05) is 6.92 Å². The highest BCUT2D eigenvalue weighted by atomic mass is 16.5. The van der Waals surface area contributed by atoms with Gasteiger partial charge in [-0.3, -0.25) is 4.79 Å². The lowest BCUT2D eigenvalue weighted by Crippen LogP contribution is -2.46. The zero-order valence-corrected chi connectivity index (χ0v) is 9.59. The first-order chi connectivity index (χ1) is 6.43. The predicted octanol–water partition coefficient (Wildman–Crippen LogP) is 0.655. The summed E-state index contributed by atoms with van der Waals surface area (Å²) in [6.07, 6.45) is 0.654. The van der Waals surface area contributed by atoms with Crippen LogP contribution in [0.5, 0.6) is 0 Å². The van der Waals surface area contributed by atoms with E-state index < -0.39 is 6.04 Å². The van der Waals surface area contributed by atoms with Crippen LogP contribution in [0.15, 0.2) is 0 Å². The molecule has 0 saturated carbocycles. The van der Waals surface area contributed by atoms with Crippen LogP contribution >= 0.6 is 0 Å². The Morgan fingerprint density at radius 2 is 2.07 bits per heavy atom. The second-order valence-corrected chi connectivity index (χ2v) is 3.93. The Hall–Kier alpha value is -0.610. The van der Waals surface area contributed by atoms with Gasteiger partial charge >= 0.3 is 0 Å². The summed E-state index contributed by atoms with van der Waals surface area (Å²) in [5.41, 5.74) is 5.25. The molecular formula is C10H22N2O2. The first kappa shape index (κ1) is 13.4. The van der Waals surface area contributed by atoms with Gasteiger partial charge in [0.15, 0.2) is 0 Å². The van der Waals surface area contributed by atoms with E-state index in [4.69, 9.17) is 10.5 Å². The lowest BCUT2D eigenvalue weighted by atomic mass is 10.1. The Morgan fingerprint density at radius 3 is 2.50 bits per heavy atom. The lowest BCUT2D eigenvalue weighted by molar-refractivity contribution is -0.124. The molecule has 0 spiro atoms. The summed E-state index contributed by atoms with van der Waals surface area (Å²) in [5, 5.41) is 2.77. The molecule has 84 valence electrons. The number of amides is 1. The van der Waals surface area contributed by atoms with Crippen molar-refractivity contribution in [3.05, 3.63) is 0 Å². The van der Waals surface area contributed by atoms with Gasteiger partial charge in [0.1, 0.15) is 0 Å². The van der Waals surface area contributed by atoms with Crippen molar-refractivity contribution in [2.75, 3.05) is 13.2 Å². The van der Waals surface area contributed by atoms with Gasteiger partial charge in [-0.25, -0.2) is 0 Å². The number of carbonyl (C=O) groups excluding carboxylic acids is 1. The van der Waals surface area contributed by atoms with Crippen LogP contribution in [-0.2, 0) is 9.53 Å². The van der Waals surface area contributed by atoms with Crippen LogP contribution in [0.4, 0.5) is 0 Å². The van der Waals surface area contributed by atoms with Gasteiger partial charge in [-0.15, -0.1) is 0 Å². The van der Waals surface area contributed by atoms with Gasteiger partial charge in [-0.2, -0.15) is 0 Å². The minimum atomic E-state index is -0.410. The second kappa shape index (κ2) is 5.98. The molecule has 0 heterocycles. The molecule has 14 heavy (non-hydrogen) atoms. The first-order valence-electron chi connectivity index (χ1n) is 5.10. The number of hydrogen-bond acceptors (Lipinski definition) is 3. The van der Waals surface area contributed by atoms with Crippen LogP contribution in [-0.4, -0.2) is 30.7 Å². The summed E-state index contributed by atoms with van der Waals surface area (Å²) < 4.78 is 5.44. The molecule has 0 saturated heterocycles. The molecule has 3 N–H and O–H groups in total. The van der Waals surface area contributed by atoms with E-state index >= 15 is 0 Å². The van der Waals surface area contributed by atoms with Crippen molar-refractivity contribution in [3.8, 4) is 0 Å². The van der Waals surface area contributed by atoms with E-state index in [1.807, 2.05) is 27.7 Å². The number of rotatable bonds is 6. The average Bonchev–Trinajstić information content (AvgIpc) is 2.13. The van der Waals surface area contributed by atoms with Crippen LogP contribution in [0.1, 0.15) is 34.1 Å². The molecule has 0 aliphatic heterocycles. The fraction of sp³-hybridized carbons (Fsp3) is 0.900. The van der Waals surface area contributed by atoms with Crippen molar-refractivity contribution in [2.45, 2.75) is 45.8 Å². The van der Waals surface area contributed by atoms with Crippen LogP contribution < -0.4 is 11.1 Å². The monoisotopic (exact) mass is 202 g/mol. The molecule has 1 atom stereocenters. The van der Waals surface area contributed by atoms with Crippen molar-refractivity contribution in [3.63, 3.8) is 0 Å². The largest absolute Gasteiger partial charge is 0.374 e. The number of hydrogen-bond donors (Lipinski definition) is 2. The van der Waals surface area contributed by atoms with Crippen LogP contribution in [0.25, 0.3) is 0 Å². The molecule has 0 aliphatic rings. The zero-order chi connectivity index (χ0) is 11.2. The molecule has 0 radical (unpaired) electrons. The summed E-state index contributed by atoms with van der Waals surface area (Å²) in [6, 6.07) is -0.410. The Labute approximate surface area is 86.2 Å². The van der Waals surface area contributed by atoms with Gasteiger partial charge in [0.2, 0.25) is 5.91 Å². The molecule has 4 nitrogen and oxygen atoms in total. The van der Waals surface area contributed by atoms with Gasteiger partial charge in [0.05, 0.1) is 11.6 Å². The molecule has 0 fully saturated rings. The normalized spacial score (nSPS) is 13.8. The topological polar surface area (TPSA) is 64.3 Å². The molecule has 4 heteroatoms. The number of carbonyl (C=O) groups is 1. The second-order valence-electron chi connectivity index (χ2n) is 3.93. The van der Waals surface area contributed by atoms with Crippen molar-refractivity contribution in [2.24, 2.45) is 5.73 Å². The van der Waals surface area contributed by atoms with Crippen LogP contribution in [0.2, 0.25) is 0 Å². The van der Waals surface area contributed by atoms with E-state index in [9.17, 15) is 4.79 Å². The minimum absolute atomic E-state index is 0.111. The van der Waals surface area contributed by atoms with Crippen molar-refractivity contribution in [1.29, 1.82) is 0 Å². The molecule has 0 aliphatic carbocycles. The fourth-order valence-electron chi connectivity index (χ4n) is 1.06.